The minimum Gasteiger partial charge on any atom is -0.463 e. The molecule has 152 valence electrons. The fraction of sp³-hybridized carbons (Fsp3) is 0.263. The molecule has 0 spiro atoms. The van der Waals surface area contributed by atoms with E-state index in [1.807, 2.05) is 0 Å². The summed E-state index contributed by atoms with van der Waals surface area (Å²) in [5.41, 5.74) is 0.977. The Morgan fingerprint density at radius 3 is 2.41 bits per heavy atom. The number of furan rings is 1. The summed E-state index contributed by atoms with van der Waals surface area (Å²) in [6.45, 7) is 1.93. The number of allylic oxidation sites excluding steroid dienone is 1. The highest BCUT2D eigenvalue weighted by Crippen LogP contribution is 2.23. The van der Waals surface area contributed by atoms with Crippen LogP contribution in [0.2, 0.25) is 0 Å². The van der Waals surface area contributed by atoms with Crippen LogP contribution in [0.5, 0.6) is 0 Å². The molecule has 0 atom stereocenters. The molecule has 4 rings (SSSR count). The Morgan fingerprint density at radius 1 is 1.10 bits per heavy atom. The molecule has 3 heterocycles. The molecule has 2 aliphatic heterocycles. The van der Waals surface area contributed by atoms with Crippen molar-refractivity contribution in [2.45, 2.75) is 0 Å². The fourth-order valence-corrected chi connectivity index (χ4v) is 4.17. The number of likely N-dealkylation sites (N-methyl/N-ethyl adjacent to an activating group) is 1. The quantitative estimate of drug-likeness (QED) is 0.756. The summed E-state index contributed by atoms with van der Waals surface area (Å²) in [5.74, 6) is -0.424. The Balaban J connectivity index is 1.52. The first kappa shape index (κ1) is 19.2. The first-order chi connectivity index (χ1) is 13.8. The molecular formula is C19H19FN4O4S. The number of rotatable bonds is 3. The van der Waals surface area contributed by atoms with Gasteiger partial charge in [0.2, 0.25) is 0 Å². The van der Waals surface area contributed by atoms with Crippen molar-refractivity contribution in [3.63, 3.8) is 0 Å². The SMILES string of the molecule is CN1C(C(=O)N2CCN(c3ccc(F)cc3)CC2)=CC(c2ccco2)=NS1(=O)=O. The number of hydrogen-bond donors (Lipinski definition) is 0. The van der Waals surface area contributed by atoms with E-state index >= 15 is 0 Å². The second kappa shape index (κ2) is 7.36. The minimum absolute atomic E-state index is 0.0154. The highest BCUT2D eigenvalue weighted by atomic mass is 32.2. The van der Waals surface area contributed by atoms with E-state index in [9.17, 15) is 17.6 Å². The van der Waals surface area contributed by atoms with Gasteiger partial charge in [-0.1, -0.05) is 0 Å². The van der Waals surface area contributed by atoms with E-state index in [0.29, 0.717) is 26.2 Å². The molecule has 0 N–H and O–H groups in total. The van der Waals surface area contributed by atoms with Crippen LogP contribution in [-0.4, -0.2) is 62.5 Å². The third-order valence-corrected chi connectivity index (χ3v) is 6.24. The van der Waals surface area contributed by atoms with Gasteiger partial charge in [-0.05, 0) is 42.5 Å². The first-order valence-corrected chi connectivity index (χ1v) is 10.4. The standard InChI is InChI=1S/C19H19FN4O4S/c1-22-17(13-16(21-29(22,26)27)18-3-2-12-28-18)19(25)24-10-8-23(9-11-24)15-6-4-14(20)5-7-15/h2-7,12-13H,8-11H2,1H3. The summed E-state index contributed by atoms with van der Waals surface area (Å²) in [7, 11) is -2.73. The lowest BCUT2D eigenvalue weighted by Crippen LogP contribution is -2.51. The highest BCUT2D eigenvalue weighted by molar-refractivity contribution is 7.88. The third kappa shape index (κ3) is 3.75. The van der Waals surface area contributed by atoms with Crippen LogP contribution in [0.4, 0.5) is 10.1 Å². The summed E-state index contributed by atoms with van der Waals surface area (Å²) in [6, 6.07) is 9.39. The van der Waals surface area contributed by atoms with Crippen molar-refractivity contribution in [3.8, 4) is 0 Å². The summed E-state index contributed by atoms with van der Waals surface area (Å²) < 4.78 is 47.7. The molecule has 0 saturated carbocycles. The number of carbonyl (C=O) groups is 1. The summed E-state index contributed by atoms with van der Waals surface area (Å²) in [4.78, 5) is 16.7. The van der Waals surface area contributed by atoms with Gasteiger partial charge >= 0.3 is 10.2 Å². The Morgan fingerprint density at radius 2 is 1.79 bits per heavy atom. The Hall–Kier alpha value is -3.14. The summed E-state index contributed by atoms with van der Waals surface area (Å²) >= 11 is 0. The molecule has 2 aliphatic rings. The number of nitrogens with zero attached hydrogens (tertiary/aromatic N) is 4. The molecule has 1 aromatic heterocycles. The summed E-state index contributed by atoms with van der Waals surface area (Å²) in [5, 5.41) is 0. The zero-order valence-corrected chi connectivity index (χ0v) is 16.5. The second-order valence-electron chi connectivity index (χ2n) is 6.68. The molecule has 1 amide bonds. The maximum Gasteiger partial charge on any atom is 0.345 e. The molecule has 2 aromatic rings. The smallest absolute Gasteiger partial charge is 0.345 e. The molecule has 29 heavy (non-hydrogen) atoms. The van der Waals surface area contributed by atoms with Crippen molar-refractivity contribution < 1.29 is 22.0 Å². The van der Waals surface area contributed by atoms with Gasteiger partial charge in [-0.2, -0.15) is 8.42 Å². The van der Waals surface area contributed by atoms with Crippen LogP contribution in [0, 0.1) is 5.82 Å². The average molecular weight is 418 g/mol. The first-order valence-electron chi connectivity index (χ1n) is 8.99. The van der Waals surface area contributed by atoms with Crippen LogP contribution in [0.15, 0.2) is 63.2 Å². The predicted molar refractivity (Wildman–Crippen MR) is 105 cm³/mol. The van der Waals surface area contributed by atoms with Gasteiger partial charge in [-0.15, -0.1) is 4.40 Å². The van der Waals surface area contributed by atoms with Gasteiger partial charge < -0.3 is 14.2 Å². The molecule has 1 fully saturated rings. The van der Waals surface area contributed by atoms with Gasteiger partial charge in [0.1, 0.15) is 17.2 Å². The lowest BCUT2D eigenvalue weighted by atomic mass is 10.2. The van der Waals surface area contributed by atoms with Crippen molar-refractivity contribution in [1.82, 2.24) is 9.21 Å². The van der Waals surface area contributed by atoms with Crippen LogP contribution in [0.1, 0.15) is 5.76 Å². The number of halogens is 1. The van der Waals surface area contributed by atoms with E-state index in [0.717, 1.165) is 9.99 Å². The maximum absolute atomic E-state index is 13.1. The van der Waals surface area contributed by atoms with E-state index in [1.165, 1.54) is 31.5 Å². The van der Waals surface area contributed by atoms with Gasteiger partial charge in [-0.3, -0.25) is 4.79 Å². The molecule has 10 heteroatoms. The van der Waals surface area contributed by atoms with Gasteiger partial charge in [0.15, 0.2) is 5.76 Å². The number of amides is 1. The topological polar surface area (TPSA) is 86.4 Å². The van der Waals surface area contributed by atoms with Crippen molar-refractivity contribution in [2.75, 3.05) is 38.1 Å². The van der Waals surface area contributed by atoms with Crippen molar-refractivity contribution >= 4 is 27.5 Å². The number of piperazine rings is 1. The van der Waals surface area contributed by atoms with E-state index in [1.54, 1.807) is 29.2 Å². The molecule has 0 bridgehead atoms. The van der Waals surface area contributed by atoms with E-state index in [-0.39, 0.29) is 23.0 Å². The maximum atomic E-state index is 13.1. The Labute approximate surface area is 167 Å². The van der Waals surface area contributed by atoms with Gasteiger partial charge in [-0.25, -0.2) is 8.70 Å². The number of anilines is 1. The van der Waals surface area contributed by atoms with Gasteiger partial charge in [0.05, 0.1) is 6.26 Å². The largest absolute Gasteiger partial charge is 0.463 e. The zero-order chi connectivity index (χ0) is 20.6. The van der Waals surface area contributed by atoms with Crippen LogP contribution in [0.25, 0.3) is 0 Å². The number of carbonyl (C=O) groups excluding carboxylic acids is 1. The number of benzene rings is 1. The monoisotopic (exact) mass is 418 g/mol. The molecule has 1 aromatic carbocycles. The lowest BCUT2D eigenvalue weighted by molar-refractivity contribution is -0.128. The number of hydrogen-bond acceptors (Lipinski definition) is 5. The zero-order valence-electron chi connectivity index (χ0n) is 15.7. The predicted octanol–water partition coefficient (Wildman–Crippen LogP) is 1.63. The van der Waals surface area contributed by atoms with Crippen molar-refractivity contribution in [1.29, 1.82) is 0 Å². The van der Waals surface area contributed by atoms with Gasteiger partial charge in [0, 0.05) is 38.9 Å². The normalized spacial score (nSPS) is 19.0. The van der Waals surface area contributed by atoms with Crippen LogP contribution < -0.4 is 4.90 Å². The Kier molecular flexibility index (Phi) is 4.87. The van der Waals surface area contributed by atoms with E-state index in [2.05, 4.69) is 9.30 Å². The van der Waals surface area contributed by atoms with Crippen LogP contribution in [0.3, 0.4) is 0 Å². The molecular weight excluding hydrogens is 399 g/mol. The second-order valence-corrected chi connectivity index (χ2v) is 8.31. The third-order valence-electron chi connectivity index (χ3n) is 4.92. The van der Waals surface area contributed by atoms with Gasteiger partial charge in [0.25, 0.3) is 5.91 Å². The van der Waals surface area contributed by atoms with Crippen LogP contribution >= 0.6 is 0 Å². The molecule has 0 unspecified atom stereocenters. The summed E-state index contributed by atoms with van der Waals surface area (Å²) in [6.07, 6.45) is 2.83. The minimum atomic E-state index is -4.03. The fourth-order valence-electron chi connectivity index (χ4n) is 3.28. The average Bonchev–Trinajstić information content (AvgIpc) is 3.25. The molecule has 1 saturated heterocycles. The molecule has 0 radical (unpaired) electrons. The molecule has 0 aliphatic carbocycles. The molecule has 8 nitrogen and oxygen atoms in total. The Bertz CT molecular complexity index is 1070. The van der Waals surface area contributed by atoms with Crippen molar-refractivity contribution in [2.24, 2.45) is 4.40 Å². The van der Waals surface area contributed by atoms with Crippen LogP contribution in [-0.2, 0) is 15.0 Å². The van der Waals surface area contributed by atoms with E-state index in [4.69, 9.17) is 4.42 Å². The lowest BCUT2D eigenvalue weighted by Gasteiger charge is -2.37. The van der Waals surface area contributed by atoms with E-state index < -0.39 is 16.1 Å². The highest BCUT2D eigenvalue weighted by Gasteiger charge is 2.34. The van der Waals surface area contributed by atoms with Crippen molar-refractivity contribution in [3.05, 3.63) is 66.0 Å².